The van der Waals surface area contributed by atoms with Gasteiger partial charge in [0.15, 0.2) is 0 Å². The van der Waals surface area contributed by atoms with Gasteiger partial charge in [-0.25, -0.2) is 0 Å². The van der Waals surface area contributed by atoms with Crippen LogP contribution in [0.2, 0.25) is 0 Å². The third kappa shape index (κ3) is 4.38. The summed E-state index contributed by atoms with van der Waals surface area (Å²) in [6, 6.07) is 14.5. The van der Waals surface area contributed by atoms with Gasteiger partial charge in [-0.1, -0.05) is 30.3 Å². The molecule has 3 amide bonds. The summed E-state index contributed by atoms with van der Waals surface area (Å²) in [6.07, 6.45) is 1.60. The van der Waals surface area contributed by atoms with E-state index in [1.807, 2.05) is 37.3 Å². The molecule has 6 nitrogen and oxygen atoms in total. The van der Waals surface area contributed by atoms with Crippen molar-refractivity contribution in [3.05, 3.63) is 64.6 Å². The lowest BCUT2D eigenvalue weighted by molar-refractivity contribution is -0.127. The summed E-state index contributed by atoms with van der Waals surface area (Å²) in [5.74, 6) is -0.321. The van der Waals surface area contributed by atoms with Gasteiger partial charge in [0.05, 0.1) is 12.0 Å². The van der Waals surface area contributed by atoms with Gasteiger partial charge in [0.25, 0.3) is 11.1 Å². The van der Waals surface area contributed by atoms with Gasteiger partial charge in [-0.05, 0) is 48.5 Å². The lowest BCUT2D eigenvalue weighted by Gasteiger charge is -2.12. The maximum atomic E-state index is 12.6. The van der Waals surface area contributed by atoms with E-state index in [1.54, 1.807) is 24.3 Å². The second kappa shape index (κ2) is 8.09. The number of rotatable bonds is 5. The standard InChI is InChI=1S/C20H18N2O4S/c1-13-6-5-8-15(10-13)21-18(23)12-22-19(24)17(27-20(22)25)11-14-7-3-4-9-16(14)26-2/h3-11H,12H2,1-2H3,(H,21,23)/b17-11-. The van der Waals surface area contributed by atoms with Crippen LogP contribution in [0.4, 0.5) is 10.5 Å². The van der Waals surface area contributed by atoms with Crippen molar-refractivity contribution in [2.75, 3.05) is 19.0 Å². The fourth-order valence-electron chi connectivity index (χ4n) is 2.63. The molecule has 3 rings (SSSR count). The second-order valence-electron chi connectivity index (χ2n) is 5.93. The monoisotopic (exact) mass is 382 g/mol. The van der Waals surface area contributed by atoms with E-state index < -0.39 is 17.1 Å². The maximum absolute atomic E-state index is 12.6. The molecule has 0 atom stereocenters. The normalized spacial score (nSPS) is 15.3. The van der Waals surface area contributed by atoms with E-state index >= 15 is 0 Å². The van der Waals surface area contributed by atoms with Crippen molar-refractivity contribution in [2.24, 2.45) is 0 Å². The van der Waals surface area contributed by atoms with E-state index in [0.29, 0.717) is 17.0 Å². The molecular formula is C20H18N2O4S. The van der Waals surface area contributed by atoms with Crippen LogP contribution in [-0.2, 0) is 9.59 Å². The molecule has 0 bridgehead atoms. The molecule has 1 heterocycles. The van der Waals surface area contributed by atoms with Crippen LogP contribution < -0.4 is 10.1 Å². The first-order valence-corrected chi connectivity index (χ1v) is 9.04. The second-order valence-corrected chi connectivity index (χ2v) is 6.92. The largest absolute Gasteiger partial charge is 0.496 e. The van der Waals surface area contributed by atoms with Gasteiger partial charge in [-0.2, -0.15) is 0 Å². The molecule has 1 fully saturated rings. The fraction of sp³-hybridized carbons (Fsp3) is 0.150. The average Bonchev–Trinajstić information content (AvgIpc) is 2.89. The highest BCUT2D eigenvalue weighted by atomic mass is 32.2. The molecule has 1 saturated heterocycles. The molecule has 0 radical (unpaired) electrons. The Hall–Kier alpha value is -3.06. The van der Waals surface area contributed by atoms with Crippen LogP contribution in [0.3, 0.4) is 0 Å². The summed E-state index contributed by atoms with van der Waals surface area (Å²) in [5.41, 5.74) is 2.31. The van der Waals surface area contributed by atoms with Crippen LogP contribution in [0.15, 0.2) is 53.4 Å². The number of carbonyl (C=O) groups is 3. The number of anilines is 1. The van der Waals surface area contributed by atoms with Crippen molar-refractivity contribution in [1.29, 1.82) is 0 Å². The zero-order valence-corrected chi connectivity index (χ0v) is 15.7. The number of methoxy groups -OCH3 is 1. The number of nitrogens with zero attached hydrogens (tertiary/aromatic N) is 1. The van der Waals surface area contributed by atoms with E-state index in [0.717, 1.165) is 22.2 Å². The van der Waals surface area contributed by atoms with Crippen molar-refractivity contribution < 1.29 is 19.1 Å². The molecule has 0 aliphatic carbocycles. The number of para-hydroxylation sites is 1. The van der Waals surface area contributed by atoms with Gasteiger partial charge < -0.3 is 10.1 Å². The van der Waals surface area contributed by atoms with Crippen LogP contribution in [0.5, 0.6) is 5.75 Å². The van der Waals surface area contributed by atoms with Crippen LogP contribution in [-0.4, -0.2) is 35.6 Å². The zero-order valence-electron chi connectivity index (χ0n) is 14.9. The number of aryl methyl sites for hydroxylation is 1. The topological polar surface area (TPSA) is 75.7 Å². The SMILES string of the molecule is COc1ccccc1/C=C1\SC(=O)N(CC(=O)Nc2cccc(C)c2)C1=O. The molecule has 0 saturated carbocycles. The van der Waals surface area contributed by atoms with Gasteiger partial charge in [-0.15, -0.1) is 0 Å². The summed E-state index contributed by atoms with van der Waals surface area (Å²) in [5, 5.41) is 2.23. The van der Waals surface area contributed by atoms with E-state index in [2.05, 4.69) is 5.32 Å². The number of amides is 3. The van der Waals surface area contributed by atoms with Crippen molar-refractivity contribution in [2.45, 2.75) is 6.92 Å². The molecule has 2 aromatic rings. The van der Waals surface area contributed by atoms with E-state index in [4.69, 9.17) is 4.74 Å². The minimum Gasteiger partial charge on any atom is -0.496 e. The molecular weight excluding hydrogens is 364 g/mol. The number of hydrogen-bond acceptors (Lipinski definition) is 5. The van der Waals surface area contributed by atoms with Gasteiger partial charge in [0.1, 0.15) is 12.3 Å². The van der Waals surface area contributed by atoms with Crippen LogP contribution >= 0.6 is 11.8 Å². The Bertz CT molecular complexity index is 939. The maximum Gasteiger partial charge on any atom is 0.294 e. The number of thioether (sulfide) groups is 1. The molecule has 1 aliphatic heterocycles. The Morgan fingerprint density at radius 2 is 1.96 bits per heavy atom. The molecule has 0 spiro atoms. The molecule has 0 aromatic heterocycles. The minimum absolute atomic E-state index is 0.257. The highest BCUT2D eigenvalue weighted by Gasteiger charge is 2.36. The van der Waals surface area contributed by atoms with Gasteiger partial charge in [0, 0.05) is 11.3 Å². The van der Waals surface area contributed by atoms with Crippen LogP contribution in [0.25, 0.3) is 6.08 Å². The number of nitrogens with one attached hydrogen (secondary N) is 1. The highest BCUT2D eigenvalue weighted by molar-refractivity contribution is 8.18. The summed E-state index contributed by atoms with van der Waals surface area (Å²) in [7, 11) is 1.54. The van der Waals surface area contributed by atoms with Crippen molar-refractivity contribution in [3.8, 4) is 5.75 Å². The number of imide groups is 1. The van der Waals surface area contributed by atoms with Gasteiger partial charge in [0.2, 0.25) is 5.91 Å². The first-order valence-electron chi connectivity index (χ1n) is 8.23. The Kier molecular flexibility index (Phi) is 5.61. The molecule has 1 aliphatic rings. The summed E-state index contributed by atoms with van der Waals surface area (Å²) >= 11 is 0.810. The van der Waals surface area contributed by atoms with Crippen molar-refractivity contribution >= 4 is 40.6 Å². The Balaban J connectivity index is 1.72. The Morgan fingerprint density at radius 1 is 1.19 bits per heavy atom. The first kappa shape index (κ1) is 18.7. The molecule has 1 N–H and O–H groups in total. The third-order valence-electron chi connectivity index (χ3n) is 3.90. The quantitative estimate of drug-likeness (QED) is 0.799. The zero-order chi connectivity index (χ0) is 19.4. The highest BCUT2D eigenvalue weighted by Crippen LogP contribution is 2.33. The first-order chi connectivity index (χ1) is 13.0. The molecule has 0 unspecified atom stereocenters. The summed E-state index contributed by atoms with van der Waals surface area (Å²) in [4.78, 5) is 38.2. The van der Waals surface area contributed by atoms with E-state index in [-0.39, 0.29) is 11.4 Å². The summed E-state index contributed by atoms with van der Waals surface area (Å²) < 4.78 is 5.26. The van der Waals surface area contributed by atoms with E-state index in [9.17, 15) is 14.4 Å². The van der Waals surface area contributed by atoms with Gasteiger partial charge >= 0.3 is 0 Å². The third-order valence-corrected chi connectivity index (χ3v) is 4.81. The Labute approximate surface area is 161 Å². The lowest BCUT2D eigenvalue weighted by atomic mass is 10.2. The van der Waals surface area contributed by atoms with Gasteiger partial charge in [-0.3, -0.25) is 19.3 Å². The number of ether oxygens (including phenoxy) is 1. The van der Waals surface area contributed by atoms with E-state index in [1.165, 1.54) is 7.11 Å². The van der Waals surface area contributed by atoms with Crippen LogP contribution in [0, 0.1) is 6.92 Å². The molecule has 138 valence electrons. The Morgan fingerprint density at radius 3 is 2.70 bits per heavy atom. The van der Waals surface area contributed by atoms with Crippen molar-refractivity contribution in [3.63, 3.8) is 0 Å². The molecule has 2 aromatic carbocycles. The number of benzene rings is 2. The van der Waals surface area contributed by atoms with Crippen molar-refractivity contribution in [1.82, 2.24) is 4.90 Å². The number of hydrogen-bond donors (Lipinski definition) is 1. The molecule has 27 heavy (non-hydrogen) atoms. The predicted octanol–water partition coefficient (Wildman–Crippen LogP) is 3.68. The smallest absolute Gasteiger partial charge is 0.294 e. The predicted molar refractivity (Wildman–Crippen MR) is 105 cm³/mol. The van der Waals surface area contributed by atoms with Crippen LogP contribution in [0.1, 0.15) is 11.1 Å². The number of carbonyl (C=O) groups excluding carboxylic acids is 3. The average molecular weight is 382 g/mol. The minimum atomic E-state index is -0.490. The molecule has 7 heteroatoms. The fourth-order valence-corrected chi connectivity index (χ4v) is 3.46. The lowest BCUT2D eigenvalue weighted by Crippen LogP contribution is -2.36. The summed E-state index contributed by atoms with van der Waals surface area (Å²) in [6.45, 7) is 1.58.